The molecular weight excluding hydrogens is 190 g/mol. The second kappa shape index (κ2) is 2.79. The zero-order valence-electron chi connectivity index (χ0n) is 6.19. The van der Waals surface area contributed by atoms with Gasteiger partial charge in [-0.05, 0) is 6.07 Å². The number of halogens is 4. The molecule has 0 aliphatic carbocycles. The van der Waals surface area contributed by atoms with Gasteiger partial charge in [0.2, 0.25) is 0 Å². The first kappa shape index (κ1) is 9.63. The van der Waals surface area contributed by atoms with Gasteiger partial charge in [-0.15, -0.1) is 0 Å². The molecule has 6 heteroatoms. The number of rotatable bonds is 0. The van der Waals surface area contributed by atoms with Crippen molar-refractivity contribution in [1.29, 1.82) is 0 Å². The monoisotopic (exact) mass is 195 g/mol. The molecule has 0 heterocycles. The van der Waals surface area contributed by atoms with Crippen LogP contribution in [0.4, 0.5) is 23.2 Å². The Kier molecular flexibility index (Phi) is 2.07. The molecule has 0 fully saturated rings. The van der Waals surface area contributed by atoms with E-state index in [4.69, 9.17) is 10.8 Å². The predicted octanol–water partition coefficient (Wildman–Crippen LogP) is 2.13. The van der Waals surface area contributed by atoms with Crippen LogP contribution in [-0.4, -0.2) is 5.11 Å². The standard InChI is InChI=1S/C7H5F4NO/c8-5-2-3(13)1-4(6(5)12)7(9,10)11/h1-2,13H,12H2. The highest BCUT2D eigenvalue weighted by Crippen LogP contribution is 2.36. The Bertz CT molecular complexity index is 334. The highest BCUT2D eigenvalue weighted by Gasteiger charge is 2.34. The molecule has 1 aromatic rings. The summed E-state index contributed by atoms with van der Waals surface area (Å²) < 4.78 is 48.7. The average Bonchev–Trinajstić information content (AvgIpc) is 1.94. The molecule has 1 aromatic carbocycles. The van der Waals surface area contributed by atoms with Crippen molar-refractivity contribution in [3.05, 3.63) is 23.5 Å². The van der Waals surface area contributed by atoms with E-state index in [0.717, 1.165) is 0 Å². The lowest BCUT2D eigenvalue weighted by atomic mass is 10.1. The van der Waals surface area contributed by atoms with Crippen LogP contribution in [0.2, 0.25) is 0 Å². The van der Waals surface area contributed by atoms with Gasteiger partial charge in [0.05, 0.1) is 11.3 Å². The van der Waals surface area contributed by atoms with Gasteiger partial charge >= 0.3 is 6.18 Å². The highest BCUT2D eigenvalue weighted by atomic mass is 19.4. The molecule has 0 atom stereocenters. The summed E-state index contributed by atoms with van der Waals surface area (Å²) in [5, 5.41) is 8.69. The van der Waals surface area contributed by atoms with Gasteiger partial charge in [-0.2, -0.15) is 13.2 Å². The summed E-state index contributed by atoms with van der Waals surface area (Å²) >= 11 is 0. The van der Waals surface area contributed by atoms with E-state index in [2.05, 4.69) is 0 Å². The van der Waals surface area contributed by atoms with E-state index in [-0.39, 0.29) is 0 Å². The third kappa shape index (κ3) is 1.82. The first-order chi connectivity index (χ1) is 5.82. The summed E-state index contributed by atoms with van der Waals surface area (Å²) in [5.41, 5.74) is 2.45. The summed E-state index contributed by atoms with van der Waals surface area (Å²) in [5.74, 6) is -2.09. The number of hydrogen-bond acceptors (Lipinski definition) is 2. The maximum Gasteiger partial charge on any atom is 0.418 e. The number of nitrogens with two attached hydrogens (primary N) is 1. The predicted molar refractivity (Wildman–Crippen MR) is 37.5 cm³/mol. The average molecular weight is 195 g/mol. The van der Waals surface area contributed by atoms with Crippen LogP contribution >= 0.6 is 0 Å². The van der Waals surface area contributed by atoms with E-state index in [9.17, 15) is 17.6 Å². The molecular formula is C7H5F4NO. The molecule has 13 heavy (non-hydrogen) atoms. The molecule has 0 saturated heterocycles. The van der Waals surface area contributed by atoms with Crippen molar-refractivity contribution < 1.29 is 22.7 Å². The normalized spacial score (nSPS) is 11.7. The number of nitrogen functional groups attached to an aromatic ring is 1. The first-order valence-corrected chi connectivity index (χ1v) is 3.17. The van der Waals surface area contributed by atoms with Crippen molar-refractivity contribution in [1.82, 2.24) is 0 Å². The Balaban J connectivity index is 3.37. The second-order valence-electron chi connectivity index (χ2n) is 2.39. The molecule has 0 radical (unpaired) electrons. The minimum Gasteiger partial charge on any atom is -0.508 e. The fourth-order valence-electron chi connectivity index (χ4n) is 0.838. The SMILES string of the molecule is Nc1c(F)cc(O)cc1C(F)(F)F. The van der Waals surface area contributed by atoms with Crippen LogP contribution in [0.3, 0.4) is 0 Å². The molecule has 1 rings (SSSR count). The molecule has 0 bridgehead atoms. The third-order valence-corrected chi connectivity index (χ3v) is 1.42. The minimum absolute atomic E-state index is 0.373. The summed E-state index contributed by atoms with van der Waals surface area (Å²) in [6.07, 6.45) is -4.76. The van der Waals surface area contributed by atoms with Crippen LogP contribution in [-0.2, 0) is 6.18 Å². The highest BCUT2D eigenvalue weighted by molar-refractivity contribution is 5.52. The lowest BCUT2D eigenvalue weighted by molar-refractivity contribution is -0.137. The van der Waals surface area contributed by atoms with E-state index in [0.29, 0.717) is 12.1 Å². The molecule has 0 unspecified atom stereocenters. The summed E-state index contributed by atoms with van der Waals surface area (Å²) in [7, 11) is 0. The van der Waals surface area contributed by atoms with Crippen LogP contribution in [0.1, 0.15) is 5.56 Å². The molecule has 3 N–H and O–H groups in total. The number of aromatic hydroxyl groups is 1. The van der Waals surface area contributed by atoms with Crippen LogP contribution in [0, 0.1) is 5.82 Å². The van der Waals surface area contributed by atoms with Crippen LogP contribution < -0.4 is 5.73 Å². The number of phenolic OH excluding ortho intramolecular Hbond substituents is 1. The van der Waals surface area contributed by atoms with Crippen molar-refractivity contribution in [2.75, 3.05) is 5.73 Å². The molecule has 0 amide bonds. The maximum absolute atomic E-state index is 12.6. The second-order valence-corrected chi connectivity index (χ2v) is 2.39. The van der Waals surface area contributed by atoms with Gasteiger partial charge < -0.3 is 10.8 Å². The number of anilines is 1. The molecule has 0 aliphatic rings. The minimum atomic E-state index is -4.76. The lowest BCUT2D eigenvalue weighted by Gasteiger charge is -2.10. The Morgan fingerprint density at radius 2 is 1.77 bits per heavy atom. The van der Waals surface area contributed by atoms with Gasteiger partial charge in [0.15, 0.2) is 0 Å². The smallest absolute Gasteiger partial charge is 0.418 e. The fourth-order valence-corrected chi connectivity index (χ4v) is 0.838. The quantitative estimate of drug-likeness (QED) is 0.378. The van der Waals surface area contributed by atoms with Crippen molar-refractivity contribution in [3.63, 3.8) is 0 Å². The zero-order chi connectivity index (χ0) is 10.2. The molecule has 0 spiro atoms. The largest absolute Gasteiger partial charge is 0.508 e. The lowest BCUT2D eigenvalue weighted by Crippen LogP contribution is -2.10. The van der Waals surface area contributed by atoms with E-state index >= 15 is 0 Å². The van der Waals surface area contributed by atoms with E-state index in [1.165, 1.54) is 0 Å². The fraction of sp³-hybridized carbons (Fsp3) is 0.143. The third-order valence-electron chi connectivity index (χ3n) is 1.42. The van der Waals surface area contributed by atoms with Crippen molar-refractivity contribution >= 4 is 5.69 Å². The Labute approximate surface area is 70.6 Å². The molecule has 2 nitrogen and oxygen atoms in total. The van der Waals surface area contributed by atoms with Crippen molar-refractivity contribution in [2.24, 2.45) is 0 Å². The molecule has 0 aliphatic heterocycles. The van der Waals surface area contributed by atoms with Crippen LogP contribution in [0.5, 0.6) is 5.75 Å². The zero-order valence-corrected chi connectivity index (χ0v) is 6.19. The maximum atomic E-state index is 12.6. The van der Waals surface area contributed by atoms with E-state index < -0.39 is 29.0 Å². The number of alkyl halides is 3. The number of hydrogen-bond donors (Lipinski definition) is 2. The van der Waals surface area contributed by atoms with Gasteiger partial charge in [-0.3, -0.25) is 0 Å². The van der Waals surface area contributed by atoms with Gasteiger partial charge in [0.1, 0.15) is 11.6 Å². The molecule has 0 aromatic heterocycles. The van der Waals surface area contributed by atoms with Gasteiger partial charge in [0.25, 0.3) is 0 Å². The molecule has 72 valence electrons. The van der Waals surface area contributed by atoms with Gasteiger partial charge in [0, 0.05) is 6.07 Å². The Hall–Kier alpha value is -1.46. The summed E-state index contributed by atoms with van der Waals surface area (Å²) in [4.78, 5) is 0. The van der Waals surface area contributed by atoms with Gasteiger partial charge in [-0.1, -0.05) is 0 Å². The first-order valence-electron chi connectivity index (χ1n) is 3.17. The van der Waals surface area contributed by atoms with Crippen molar-refractivity contribution in [2.45, 2.75) is 6.18 Å². The van der Waals surface area contributed by atoms with Crippen LogP contribution in [0.25, 0.3) is 0 Å². The van der Waals surface area contributed by atoms with E-state index in [1.807, 2.05) is 0 Å². The Morgan fingerprint density at radius 1 is 1.23 bits per heavy atom. The number of benzene rings is 1. The summed E-state index contributed by atoms with van der Waals surface area (Å²) in [6, 6.07) is 0.892. The van der Waals surface area contributed by atoms with Crippen molar-refractivity contribution in [3.8, 4) is 5.75 Å². The van der Waals surface area contributed by atoms with E-state index in [1.54, 1.807) is 0 Å². The van der Waals surface area contributed by atoms with Gasteiger partial charge in [-0.25, -0.2) is 4.39 Å². The van der Waals surface area contributed by atoms with Crippen LogP contribution in [0.15, 0.2) is 12.1 Å². The summed E-state index contributed by atoms with van der Waals surface area (Å²) in [6.45, 7) is 0. The number of phenols is 1. The Morgan fingerprint density at radius 3 is 2.23 bits per heavy atom. The topological polar surface area (TPSA) is 46.2 Å². The molecule has 0 saturated carbocycles.